The Hall–Kier alpha value is -1.39. The highest BCUT2D eigenvalue weighted by atomic mass is 16.1. The van der Waals surface area contributed by atoms with Crippen molar-refractivity contribution in [2.75, 3.05) is 19.6 Å². The summed E-state index contributed by atoms with van der Waals surface area (Å²) in [4.78, 5) is 13.6. The van der Waals surface area contributed by atoms with E-state index in [2.05, 4.69) is 10.2 Å². The Labute approximate surface area is 114 Å². The minimum absolute atomic E-state index is 0.357. The number of carbonyl (C=O) groups is 1. The van der Waals surface area contributed by atoms with Gasteiger partial charge < -0.3 is 11.1 Å². The van der Waals surface area contributed by atoms with E-state index in [0.717, 1.165) is 25.0 Å². The zero-order valence-electron chi connectivity index (χ0n) is 11.1. The van der Waals surface area contributed by atoms with E-state index in [1.807, 2.05) is 24.3 Å². The summed E-state index contributed by atoms with van der Waals surface area (Å²) in [5, 5.41) is 3.58. The summed E-state index contributed by atoms with van der Waals surface area (Å²) in [5.41, 5.74) is 7.09. The number of hydrogen-bond donors (Lipinski definition) is 2. The SMILES string of the molecule is NC(=O)c1ccc(CN2CCC3NCCC3C2)cc1. The first kappa shape index (κ1) is 12.6. The molecule has 0 bridgehead atoms. The molecule has 4 nitrogen and oxygen atoms in total. The molecule has 3 N–H and O–H groups in total. The Balaban J connectivity index is 1.60. The lowest BCUT2D eigenvalue weighted by atomic mass is 9.93. The first-order valence-corrected chi connectivity index (χ1v) is 7.07. The minimum atomic E-state index is -0.357. The molecule has 2 heterocycles. The molecule has 0 radical (unpaired) electrons. The highest BCUT2D eigenvalue weighted by Crippen LogP contribution is 2.25. The van der Waals surface area contributed by atoms with Crippen molar-refractivity contribution >= 4 is 5.91 Å². The monoisotopic (exact) mass is 259 g/mol. The second kappa shape index (κ2) is 5.31. The fourth-order valence-electron chi connectivity index (χ4n) is 3.30. The third-order valence-corrected chi connectivity index (χ3v) is 4.38. The van der Waals surface area contributed by atoms with Gasteiger partial charge in [0, 0.05) is 24.7 Å². The molecule has 102 valence electrons. The maximum atomic E-state index is 11.0. The van der Waals surface area contributed by atoms with Crippen LogP contribution in [0.1, 0.15) is 28.8 Å². The Kier molecular flexibility index (Phi) is 3.53. The van der Waals surface area contributed by atoms with Crippen molar-refractivity contribution in [3.8, 4) is 0 Å². The van der Waals surface area contributed by atoms with Gasteiger partial charge in [-0.1, -0.05) is 12.1 Å². The number of likely N-dealkylation sites (tertiary alicyclic amines) is 1. The van der Waals surface area contributed by atoms with E-state index in [4.69, 9.17) is 5.73 Å². The van der Waals surface area contributed by atoms with Crippen LogP contribution in [-0.4, -0.2) is 36.5 Å². The van der Waals surface area contributed by atoms with Gasteiger partial charge in [0.1, 0.15) is 0 Å². The van der Waals surface area contributed by atoms with Gasteiger partial charge in [0.05, 0.1) is 0 Å². The molecule has 0 aromatic heterocycles. The minimum Gasteiger partial charge on any atom is -0.366 e. The van der Waals surface area contributed by atoms with Gasteiger partial charge >= 0.3 is 0 Å². The third kappa shape index (κ3) is 2.80. The number of fused-ring (bicyclic) bond motifs is 1. The Bertz CT molecular complexity index is 457. The Morgan fingerprint density at radius 3 is 2.84 bits per heavy atom. The van der Waals surface area contributed by atoms with Gasteiger partial charge in [-0.25, -0.2) is 0 Å². The molecule has 3 rings (SSSR count). The van der Waals surface area contributed by atoms with Crippen LogP contribution in [0.25, 0.3) is 0 Å². The van der Waals surface area contributed by atoms with E-state index in [0.29, 0.717) is 5.56 Å². The summed E-state index contributed by atoms with van der Waals surface area (Å²) < 4.78 is 0. The summed E-state index contributed by atoms with van der Waals surface area (Å²) >= 11 is 0. The van der Waals surface area contributed by atoms with Crippen LogP contribution in [0.5, 0.6) is 0 Å². The lowest BCUT2D eigenvalue weighted by Crippen LogP contribution is -2.43. The van der Waals surface area contributed by atoms with Crippen LogP contribution in [0.2, 0.25) is 0 Å². The fraction of sp³-hybridized carbons (Fsp3) is 0.533. The average molecular weight is 259 g/mol. The maximum absolute atomic E-state index is 11.0. The van der Waals surface area contributed by atoms with Crippen LogP contribution in [0.4, 0.5) is 0 Å². The van der Waals surface area contributed by atoms with E-state index in [1.165, 1.54) is 31.5 Å². The largest absolute Gasteiger partial charge is 0.366 e. The highest BCUT2D eigenvalue weighted by Gasteiger charge is 2.32. The maximum Gasteiger partial charge on any atom is 0.248 e. The predicted octanol–water partition coefficient (Wildman–Crippen LogP) is 0.969. The zero-order chi connectivity index (χ0) is 13.2. The molecule has 1 amide bonds. The van der Waals surface area contributed by atoms with E-state index < -0.39 is 0 Å². The van der Waals surface area contributed by atoms with Crippen LogP contribution < -0.4 is 11.1 Å². The summed E-state index contributed by atoms with van der Waals surface area (Å²) in [6.45, 7) is 4.50. The van der Waals surface area contributed by atoms with Crippen molar-refractivity contribution in [2.24, 2.45) is 11.7 Å². The third-order valence-electron chi connectivity index (χ3n) is 4.38. The molecule has 2 unspecified atom stereocenters. The number of nitrogens with zero attached hydrogens (tertiary/aromatic N) is 1. The van der Waals surface area contributed by atoms with Gasteiger partial charge in [-0.15, -0.1) is 0 Å². The van der Waals surface area contributed by atoms with E-state index in [9.17, 15) is 4.79 Å². The van der Waals surface area contributed by atoms with Gasteiger partial charge in [0.15, 0.2) is 0 Å². The second-order valence-corrected chi connectivity index (χ2v) is 5.69. The van der Waals surface area contributed by atoms with Crippen LogP contribution in [0, 0.1) is 5.92 Å². The van der Waals surface area contributed by atoms with Crippen molar-refractivity contribution in [3.63, 3.8) is 0 Å². The number of benzene rings is 1. The molecule has 2 atom stereocenters. The van der Waals surface area contributed by atoms with Crippen LogP contribution in [-0.2, 0) is 6.54 Å². The lowest BCUT2D eigenvalue weighted by molar-refractivity contribution is 0.1000. The van der Waals surface area contributed by atoms with Crippen molar-refractivity contribution in [2.45, 2.75) is 25.4 Å². The number of nitrogens with two attached hydrogens (primary N) is 1. The first-order valence-electron chi connectivity index (χ1n) is 7.07. The van der Waals surface area contributed by atoms with Gasteiger partial charge in [-0.2, -0.15) is 0 Å². The van der Waals surface area contributed by atoms with E-state index in [-0.39, 0.29) is 5.91 Å². The van der Waals surface area contributed by atoms with Gasteiger partial charge in [-0.05, 0) is 49.5 Å². The molecule has 1 aromatic rings. The van der Waals surface area contributed by atoms with Gasteiger partial charge in [-0.3, -0.25) is 9.69 Å². The lowest BCUT2D eigenvalue weighted by Gasteiger charge is -2.34. The smallest absolute Gasteiger partial charge is 0.248 e. The Morgan fingerprint density at radius 1 is 1.32 bits per heavy atom. The number of amides is 1. The van der Waals surface area contributed by atoms with Crippen LogP contribution in [0.15, 0.2) is 24.3 Å². The molecule has 0 spiro atoms. The molecule has 2 aliphatic rings. The summed E-state index contributed by atoms with van der Waals surface area (Å²) in [6, 6.07) is 8.41. The van der Waals surface area contributed by atoms with Crippen molar-refractivity contribution < 1.29 is 4.79 Å². The molecule has 4 heteroatoms. The van der Waals surface area contributed by atoms with E-state index >= 15 is 0 Å². The summed E-state index contributed by atoms with van der Waals surface area (Å²) in [7, 11) is 0. The zero-order valence-corrected chi connectivity index (χ0v) is 11.1. The van der Waals surface area contributed by atoms with Crippen molar-refractivity contribution in [1.82, 2.24) is 10.2 Å². The van der Waals surface area contributed by atoms with E-state index in [1.54, 1.807) is 0 Å². The van der Waals surface area contributed by atoms with Crippen molar-refractivity contribution in [1.29, 1.82) is 0 Å². The number of primary amides is 1. The number of carbonyl (C=O) groups excluding carboxylic acids is 1. The molecule has 19 heavy (non-hydrogen) atoms. The molecule has 2 fully saturated rings. The number of piperidine rings is 1. The summed E-state index contributed by atoms with van der Waals surface area (Å²) in [6.07, 6.45) is 2.56. The average Bonchev–Trinajstić information content (AvgIpc) is 2.87. The van der Waals surface area contributed by atoms with Crippen molar-refractivity contribution in [3.05, 3.63) is 35.4 Å². The first-order chi connectivity index (χ1) is 9.22. The van der Waals surface area contributed by atoms with Crippen LogP contribution >= 0.6 is 0 Å². The fourth-order valence-corrected chi connectivity index (χ4v) is 3.30. The Morgan fingerprint density at radius 2 is 2.11 bits per heavy atom. The van der Waals surface area contributed by atoms with Gasteiger partial charge in [0.2, 0.25) is 5.91 Å². The topological polar surface area (TPSA) is 58.4 Å². The second-order valence-electron chi connectivity index (χ2n) is 5.69. The molecule has 0 saturated carbocycles. The molecule has 0 aliphatic carbocycles. The molecule has 1 aromatic carbocycles. The predicted molar refractivity (Wildman–Crippen MR) is 74.8 cm³/mol. The number of hydrogen-bond acceptors (Lipinski definition) is 3. The molecule has 2 aliphatic heterocycles. The number of rotatable bonds is 3. The van der Waals surface area contributed by atoms with Crippen LogP contribution in [0.3, 0.4) is 0 Å². The quantitative estimate of drug-likeness (QED) is 0.850. The summed E-state index contributed by atoms with van der Waals surface area (Å²) in [5.74, 6) is 0.461. The standard InChI is InChI=1S/C15H21N3O/c16-15(19)12-3-1-11(2-4-12)9-18-8-6-14-13(10-18)5-7-17-14/h1-4,13-14,17H,5-10H2,(H2,16,19). The molecular weight excluding hydrogens is 238 g/mol. The molecular formula is C15H21N3O. The normalized spacial score (nSPS) is 27.2. The molecule has 2 saturated heterocycles. The van der Waals surface area contributed by atoms with Gasteiger partial charge in [0.25, 0.3) is 0 Å². The highest BCUT2D eigenvalue weighted by molar-refractivity contribution is 5.92. The number of nitrogens with one attached hydrogen (secondary N) is 1.